The highest BCUT2D eigenvalue weighted by molar-refractivity contribution is 5.42. The fraction of sp³-hybridized carbons (Fsp3) is 0.581. The van der Waals surface area contributed by atoms with Crippen molar-refractivity contribution < 1.29 is 9.13 Å². The zero-order valence-corrected chi connectivity index (χ0v) is 34.0. The molecule has 1 fully saturated rings. The van der Waals surface area contributed by atoms with Crippen LogP contribution in [-0.2, 0) is 24.9 Å². The Morgan fingerprint density at radius 3 is 1.74 bits per heavy atom. The molecule has 3 aromatic heterocycles. The van der Waals surface area contributed by atoms with E-state index in [9.17, 15) is 0 Å². The summed E-state index contributed by atoms with van der Waals surface area (Å²) >= 11 is 0. The van der Waals surface area contributed by atoms with E-state index in [1.807, 2.05) is 27.7 Å². The minimum absolute atomic E-state index is 0.0634. The monoisotopic (exact) mass is 645 g/mol. The van der Waals surface area contributed by atoms with Gasteiger partial charge in [-0.15, -0.1) is 0 Å². The van der Waals surface area contributed by atoms with Gasteiger partial charge in [-0.3, -0.25) is 0 Å². The van der Waals surface area contributed by atoms with E-state index in [0.29, 0.717) is 0 Å². The molecule has 3 aromatic rings. The summed E-state index contributed by atoms with van der Waals surface area (Å²) in [6.45, 7) is 35.1. The molecule has 0 amide bonds. The summed E-state index contributed by atoms with van der Waals surface area (Å²) in [5.41, 5.74) is 6.35. The van der Waals surface area contributed by atoms with Gasteiger partial charge in [0.25, 0.3) is 11.6 Å². The first-order chi connectivity index (χ1) is 21.8. The topological polar surface area (TPSA) is 15.9 Å². The predicted molar refractivity (Wildman–Crippen MR) is 207 cm³/mol. The van der Waals surface area contributed by atoms with Crippen molar-refractivity contribution in [2.75, 3.05) is 11.9 Å². The van der Waals surface area contributed by atoms with E-state index < -0.39 is 0 Å². The van der Waals surface area contributed by atoms with Gasteiger partial charge >= 0.3 is 0 Å². The van der Waals surface area contributed by atoms with Crippen molar-refractivity contribution >= 4 is 5.82 Å². The number of aromatic nitrogens is 3. The largest absolute Gasteiger partial charge is 0.286 e. The SMILES string of the molecule is CC.CC.CC1CC1C.CC=C/C(=C\N(C)c1cccc(C(C)(C)c2cccc(-n3cc(C(C)(C)C)cc3C)[n+]2C)[n+]1C)C(C)(C)C. The average molecular weight is 645 g/mol. The number of pyridine rings is 2. The Labute approximate surface area is 291 Å². The predicted octanol–water partition coefficient (Wildman–Crippen LogP) is 10.7. The Morgan fingerprint density at radius 1 is 0.830 bits per heavy atom. The summed E-state index contributed by atoms with van der Waals surface area (Å²) < 4.78 is 7.00. The summed E-state index contributed by atoms with van der Waals surface area (Å²) in [5, 5.41) is 0. The second-order valence-corrected chi connectivity index (χ2v) is 15.4. The van der Waals surface area contributed by atoms with Crippen molar-refractivity contribution in [1.29, 1.82) is 0 Å². The molecule has 4 heteroatoms. The number of anilines is 1. The molecule has 2 unspecified atom stereocenters. The molecule has 4 rings (SSSR count). The summed E-state index contributed by atoms with van der Waals surface area (Å²) in [7, 11) is 6.51. The molecule has 4 nitrogen and oxygen atoms in total. The lowest BCUT2D eigenvalue weighted by Gasteiger charge is -2.27. The van der Waals surface area contributed by atoms with Crippen molar-refractivity contribution in [3.8, 4) is 5.82 Å². The number of nitrogens with zero attached hydrogens (tertiary/aromatic N) is 4. The highest BCUT2D eigenvalue weighted by Gasteiger charge is 2.36. The number of rotatable bonds is 6. The van der Waals surface area contributed by atoms with Crippen LogP contribution in [0, 0.1) is 24.2 Å². The molecule has 0 bridgehead atoms. The van der Waals surface area contributed by atoms with Crippen molar-refractivity contribution in [2.24, 2.45) is 31.3 Å². The minimum atomic E-state index is -0.232. The van der Waals surface area contributed by atoms with E-state index in [1.165, 1.54) is 40.5 Å². The van der Waals surface area contributed by atoms with E-state index in [4.69, 9.17) is 0 Å². The molecule has 2 atom stereocenters. The molecule has 262 valence electrons. The molecular formula is C43H72N4+2. The van der Waals surface area contributed by atoms with Gasteiger partial charge in [-0.05, 0) is 80.6 Å². The molecule has 0 aromatic carbocycles. The van der Waals surface area contributed by atoms with Gasteiger partial charge in [0.2, 0.25) is 0 Å². The second-order valence-electron chi connectivity index (χ2n) is 15.4. The third-order valence-electron chi connectivity index (χ3n) is 9.23. The van der Waals surface area contributed by atoms with E-state index in [0.717, 1.165) is 17.7 Å². The number of aryl methyl sites for hydroxylation is 1. The van der Waals surface area contributed by atoms with Gasteiger partial charge < -0.3 is 0 Å². The summed E-state index contributed by atoms with van der Waals surface area (Å²) in [4.78, 5) is 2.24. The molecule has 1 aliphatic carbocycles. The lowest BCUT2D eigenvalue weighted by Crippen LogP contribution is -2.50. The van der Waals surface area contributed by atoms with Gasteiger partial charge in [-0.2, -0.15) is 0 Å². The maximum Gasteiger partial charge on any atom is 0.286 e. The summed E-state index contributed by atoms with van der Waals surface area (Å²) in [6, 6.07) is 15.6. The molecule has 1 aliphatic rings. The highest BCUT2D eigenvalue weighted by Crippen LogP contribution is 2.36. The lowest BCUT2D eigenvalue weighted by molar-refractivity contribution is -0.688. The fourth-order valence-corrected chi connectivity index (χ4v) is 5.81. The second kappa shape index (κ2) is 17.3. The normalized spacial score (nSPS) is 16.4. The average Bonchev–Trinajstić information content (AvgIpc) is 3.49. The quantitative estimate of drug-likeness (QED) is 0.193. The molecule has 0 N–H and O–H groups in total. The third kappa shape index (κ3) is 10.7. The van der Waals surface area contributed by atoms with Gasteiger partial charge in [0.15, 0.2) is 0 Å². The van der Waals surface area contributed by atoms with Crippen LogP contribution in [-0.4, -0.2) is 11.6 Å². The number of hydrogen-bond acceptors (Lipinski definition) is 1. The third-order valence-corrected chi connectivity index (χ3v) is 9.23. The van der Waals surface area contributed by atoms with E-state index >= 15 is 0 Å². The maximum absolute atomic E-state index is 2.35. The first kappa shape index (κ1) is 41.9. The van der Waals surface area contributed by atoms with Crippen molar-refractivity contribution in [3.63, 3.8) is 0 Å². The molecule has 0 radical (unpaired) electrons. The Bertz CT molecular complexity index is 1460. The standard InChI is InChI=1S/C34H50N4.C5H10.2C2H6/c1-14-17-26(32(3,4)5)23-35(11)30-20-15-18-28(36(30)12)34(9,10)29-19-16-21-31(37(29)13)38-24-27(22-25(38)2)33(6,7)8;1-4-3-5(4)2;2*1-2/h14-24H,1-13H3;4-5H,3H2,1-2H3;2*1-2H3/q+2;;;/b17-14?,26-23+;;;. The smallest absolute Gasteiger partial charge is 0.237 e. The molecule has 0 saturated heterocycles. The summed E-state index contributed by atoms with van der Waals surface area (Å²) in [5.74, 6) is 4.42. The highest BCUT2D eigenvalue weighted by atomic mass is 15.2. The van der Waals surface area contributed by atoms with Crippen molar-refractivity contribution in [2.45, 2.75) is 128 Å². The van der Waals surface area contributed by atoms with Gasteiger partial charge in [-0.25, -0.2) is 18.6 Å². The van der Waals surface area contributed by atoms with E-state index in [2.05, 4.69) is 190 Å². The van der Waals surface area contributed by atoms with Gasteiger partial charge in [0, 0.05) is 17.7 Å². The van der Waals surface area contributed by atoms with Crippen LogP contribution in [0.3, 0.4) is 0 Å². The number of hydrogen-bond donors (Lipinski definition) is 0. The Hall–Kier alpha value is -3.14. The molecular weight excluding hydrogens is 573 g/mol. The van der Waals surface area contributed by atoms with Crippen LogP contribution in [0.15, 0.2) is 72.6 Å². The van der Waals surface area contributed by atoms with Crippen LogP contribution in [0.1, 0.15) is 133 Å². The van der Waals surface area contributed by atoms with Crippen LogP contribution in [0.5, 0.6) is 0 Å². The molecule has 0 aliphatic heterocycles. The van der Waals surface area contributed by atoms with Gasteiger partial charge in [-0.1, -0.05) is 107 Å². The Balaban J connectivity index is 0.00000108. The van der Waals surface area contributed by atoms with Gasteiger partial charge in [0.1, 0.15) is 23.3 Å². The Kier molecular flexibility index (Phi) is 15.4. The lowest BCUT2D eigenvalue weighted by atomic mass is 9.83. The van der Waals surface area contributed by atoms with E-state index in [-0.39, 0.29) is 16.2 Å². The van der Waals surface area contributed by atoms with Crippen LogP contribution in [0.2, 0.25) is 0 Å². The van der Waals surface area contributed by atoms with Crippen LogP contribution in [0.25, 0.3) is 5.82 Å². The first-order valence-electron chi connectivity index (χ1n) is 18.1. The molecule has 3 heterocycles. The maximum atomic E-state index is 2.35. The Morgan fingerprint density at radius 2 is 1.32 bits per heavy atom. The van der Waals surface area contributed by atoms with E-state index in [1.54, 1.807) is 0 Å². The molecule has 1 saturated carbocycles. The van der Waals surface area contributed by atoms with Gasteiger partial charge in [0.05, 0.1) is 32.8 Å². The zero-order valence-electron chi connectivity index (χ0n) is 34.0. The van der Waals surface area contributed by atoms with Crippen LogP contribution in [0.4, 0.5) is 5.82 Å². The molecule has 47 heavy (non-hydrogen) atoms. The minimum Gasteiger partial charge on any atom is -0.237 e. The number of allylic oxidation sites excluding steroid dienone is 3. The molecule has 0 spiro atoms. The first-order valence-corrected chi connectivity index (χ1v) is 18.1. The summed E-state index contributed by atoms with van der Waals surface area (Å²) in [6.07, 6.45) is 10.4. The van der Waals surface area contributed by atoms with Crippen molar-refractivity contribution in [3.05, 3.63) is 95.2 Å². The van der Waals surface area contributed by atoms with Crippen LogP contribution >= 0.6 is 0 Å². The fourth-order valence-electron chi connectivity index (χ4n) is 5.81. The zero-order chi connectivity index (χ0) is 36.5. The van der Waals surface area contributed by atoms with Crippen LogP contribution < -0.4 is 14.0 Å². The van der Waals surface area contributed by atoms with Crippen molar-refractivity contribution in [1.82, 2.24) is 4.57 Å².